The minimum absolute atomic E-state index is 0.182. The van der Waals surface area contributed by atoms with Crippen molar-refractivity contribution in [1.29, 1.82) is 0 Å². The molecule has 0 bridgehead atoms. The van der Waals surface area contributed by atoms with E-state index in [0.717, 1.165) is 4.47 Å². The Morgan fingerprint density at radius 3 is 2.90 bits per heavy atom. The molecule has 2 aromatic rings. The second-order valence-corrected chi connectivity index (χ2v) is 6.11. The quantitative estimate of drug-likeness (QED) is 0.763. The predicted molar refractivity (Wildman–Crippen MR) is 76.6 cm³/mol. The number of carbonyl (C=O) groups is 1. The van der Waals surface area contributed by atoms with E-state index in [1.807, 2.05) is 0 Å². The Bertz CT molecular complexity index is 714. The lowest BCUT2D eigenvalue weighted by Crippen LogP contribution is -2.18. The van der Waals surface area contributed by atoms with E-state index in [9.17, 15) is 13.6 Å². The van der Waals surface area contributed by atoms with Crippen LogP contribution in [0.1, 0.15) is 35.8 Å². The number of benzene rings is 1. The van der Waals surface area contributed by atoms with Crippen molar-refractivity contribution in [3.05, 3.63) is 28.4 Å². The van der Waals surface area contributed by atoms with E-state index in [-0.39, 0.29) is 18.5 Å². The summed E-state index contributed by atoms with van der Waals surface area (Å²) in [5.41, 5.74) is 0.824. The summed E-state index contributed by atoms with van der Waals surface area (Å²) in [4.78, 5) is 12.1. The molecule has 0 N–H and O–H groups in total. The second-order valence-electron chi connectivity index (χ2n) is 5.20. The number of aromatic nitrogens is 2. The van der Waals surface area contributed by atoms with Crippen LogP contribution in [-0.4, -0.2) is 28.8 Å². The zero-order chi connectivity index (χ0) is 15.2. The molecule has 3 rings (SSSR count). The van der Waals surface area contributed by atoms with Crippen LogP contribution in [-0.2, 0) is 4.74 Å². The van der Waals surface area contributed by atoms with Gasteiger partial charge in [0, 0.05) is 22.7 Å². The van der Waals surface area contributed by atoms with Gasteiger partial charge in [0.2, 0.25) is 5.92 Å². The van der Waals surface area contributed by atoms with Gasteiger partial charge in [-0.1, -0.05) is 15.9 Å². The number of hydrogen-bond acceptors (Lipinski definition) is 3. The lowest BCUT2D eigenvalue weighted by atomic mass is 10.2. The molecule has 1 aliphatic carbocycles. The minimum atomic E-state index is -2.70. The van der Waals surface area contributed by atoms with Crippen molar-refractivity contribution >= 4 is 32.8 Å². The number of carbonyl (C=O) groups excluding carboxylic acids is 1. The molecule has 4 nitrogen and oxygen atoms in total. The molecule has 1 saturated carbocycles. The van der Waals surface area contributed by atoms with E-state index < -0.39 is 17.9 Å². The fourth-order valence-electron chi connectivity index (χ4n) is 2.77. The summed E-state index contributed by atoms with van der Waals surface area (Å²) in [6.07, 6.45) is -0.184. The SMILES string of the molecule is COC(=O)c1c2cc(Br)ccc2nn1C1CCC(F)(F)C1. The lowest BCUT2D eigenvalue weighted by Gasteiger charge is -2.13. The fourth-order valence-corrected chi connectivity index (χ4v) is 3.14. The van der Waals surface area contributed by atoms with Crippen LogP contribution < -0.4 is 0 Å². The molecule has 112 valence electrons. The van der Waals surface area contributed by atoms with Gasteiger partial charge in [-0.25, -0.2) is 13.6 Å². The van der Waals surface area contributed by atoms with Gasteiger partial charge >= 0.3 is 5.97 Å². The Kier molecular flexibility index (Phi) is 3.47. The summed E-state index contributed by atoms with van der Waals surface area (Å²) in [7, 11) is 1.27. The summed E-state index contributed by atoms with van der Waals surface area (Å²) in [6, 6.07) is 4.80. The third-order valence-corrected chi connectivity index (χ3v) is 4.25. The van der Waals surface area contributed by atoms with Crippen LogP contribution >= 0.6 is 15.9 Å². The average molecular weight is 359 g/mol. The number of fused-ring (bicyclic) bond motifs is 1. The van der Waals surface area contributed by atoms with Crippen molar-refractivity contribution in [3.8, 4) is 0 Å². The third-order valence-electron chi connectivity index (χ3n) is 3.76. The molecule has 1 unspecified atom stereocenters. The summed E-state index contributed by atoms with van der Waals surface area (Å²) in [6.45, 7) is 0. The van der Waals surface area contributed by atoms with Gasteiger partial charge in [0.1, 0.15) is 0 Å². The van der Waals surface area contributed by atoms with Crippen molar-refractivity contribution in [1.82, 2.24) is 9.78 Å². The molecular formula is C14H13BrF2N2O2. The zero-order valence-corrected chi connectivity index (χ0v) is 12.9. The van der Waals surface area contributed by atoms with E-state index >= 15 is 0 Å². The van der Waals surface area contributed by atoms with Gasteiger partial charge in [0.15, 0.2) is 5.69 Å². The molecule has 1 aromatic carbocycles. The van der Waals surface area contributed by atoms with Gasteiger partial charge < -0.3 is 4.74 Å². The largest absolute Gasteiger partial charge is 0.464 e. The molecule has 7 heteroatoms. The Morgan fingerprint density at radius 1 is 1.52 bits per heavy atom. The standard InChI is InChI=1S/C14H13BrF2N2O2/c1-21-13(20)12-10-6-8(15)2-3-11(10)18-19(12)9-4-5-14(16,17)7-9/h2-3,6,9H,4-5,7H2,1H3. The topological polar surface area (TPSA) is 44.1 Å². The number of methoxy groups -OCH3 is 1. The first kappa shape index (κ1) is 14.4. The van der Waals surface area contributed by atoms with Gasteiger partial charge in [-0.15, -0.1) is 0 Å². The maximum atomic E-state index is 13.4. The van der Waals surface area contributed by atoms with E-state index in [0.29, 0.717) is 17.3 Å². The maximum Gasteiger partial charge on any atom is 0.356 e. The van der Waals surface area contributed by atoms with Crippen LogP contribution in [0, 0.1) is 0 Å². The average Bonchev–Trinajstić information content (AvgIpc) is 2.97. The van der Waals surface area contributed by atoms with Crippen molar-refractivity contribution in [2.45, 2.75) is 31.2 Å². The number of hydrogen-bond donors (Lipinski definition) is 0. The molecule has 1 heterocycles. The van der Waals surface area contributed by atoms with Crippen LogP contribution in [0.4, 0.5) is 8.78 Å². The molecule has 21 heavy (non-hydrogen) atoms. The Balaban J connectivity index is 2.15. The molecule has 0 saturated heterocycles. The summed E-state index contributed by atoms with van der Waals surface area (Å²) < 4.78 is 33.9. The molecule has 0 amide bonds. The van der Waals surface area contributed by atoms with E-state index in [1.165, 1.54) is 11.8 Å². The highest BCUT2D eigenvalue weighted by Gasteiger charge is 2.42. The number of halogens is 3. The molecule has 1 aliphatic rings. The summed E-state index contributed by atoms with van der Waals surface area (Å²) in [5.74, 6) is -3.26. The molecule has 0 spiro atoms. The summed E-state index contributed by atoms with van der Waals surface area (Å²) >= 11 is 3.34. The zero-order valence-electron chi connectivity index (χ0n) is 11.3. The van der Waals surface area contributed by atoms with Crippen molar-refractivity contribution in [2.24, 2.45) is 0 Å². The van der Waals surface area contributed by atoms with Crippen molar-refractivity contribution < 1.29 is 18.3 Å². The Labute approximate surface area is 128 Å². The number of esters is 1. The Morgan fingerprint density at radius 2 is 2.29 bits per heavy atom. The van der Waals surface area contributed by atoms with Gasteiger partial charge in [0.25, 0.3) is 0 Å². The van der Waals surface area contributed by atoms with Crippen LogP contribution in [0.2, 0.25) is 0 Å². The van der Waals surface area contributed by atoms with E-state index in [1.54, 1.807) is 18.2 Å². The highest BCUT2D eigenvalue weighted by molar-refractivity contribution is 9.10. The van der Waals surface area contributed by atoms with Crippen molar-refractivity contribution in [3.63, 3.8) is 0 Å². The number of rotatable bonds is 2. The first-order valence-corrected chi connectivity index (χ1v) is 7.34. The predicted octanol–water partition coefficient (Wildman–Crippen LogP) is 3.95. The summed E-state index contributed by atoms with van der Waals surface area (Å²) in [5, 5.41) is 4.94. The molecule has 0 aliphatic heterocycles. The van der Waals surface area contributed by atoms with Gasteiger partial charge in [-0.3, -0.25) is 4.68 Å². The molecule has 1 fully saturated rings. The number of nitrogens with zero attached hydrogens (tertiary/aromatic N) is 2. The normalized spacial score (nSPS) is 20.9. The van der Waals surface area contributed by atoms with E-state index in [4.69, 9.17) is 4.74 Å². The maximum absolute atomic E-state index is 13.4. The Hall–Kier alpha value is -1.50. The molecular weight excluding hydrogens is 346 g/mol. The lowest BCUT2D eigenvalue weighted by molar-refractivity contribution is 0.00490. The second kappa shape index (κ2) is 5.05. The highest BCUT2D eigenvalue weighted by Crippen LogP contribution is 2.42. The fraction of sp³-hybridized carbons (Fsp3) is 0.429. The number of alkyl halides is 2. The van der Waals surface area contributed by atoms with Crippen LogP contribution in [0.3, 0.4) is 0 Å². The van der Waals surface area contributed by atoms with Gasteiger partial charge in [-0.2, -0.15) is 5.10 Å². The first-order valence-electron chi connectivity index (χ1n) is 6.55. The monoisotopic (exact) mass is 358 g/mol. The number of ether oxygens (including phenoxy) is 1. The van der Waals surface area contributed by atoms with Crippen LogP contribution in [0.5, 0.6) is 0 Å². The first-order chi connectivity index (χ1) is 9.91. The molecule has 0 radical (unpaired) electrons. The smallest absolute Gasteiger partial charge is 0.356 e. The van der Waals surface area contributed by atoms with Gasteiger partial charge in [-0.05, 0) is 24.6 Å². The van der Waals surface area contributed by atoms with E-state index in [2.05, 4.69) is 21.0 Å². The van der Waals surface area contributed by atoms with Crippen molar-refractivity contribution in [2.75, 3.05) is 7.11 Å². The van der Waals surface area contributed by atoms with Crippen LogP contribution in [0.25, 0.3) is 10.9 Å². The van der Waals surface area contributed by atoms with Crippen LogP contribution in [0.15, 0.2) is 22.7 Å². The highest BCUT2D eigenvalue weighted by atomic mass is 79.9. The van der Waals surface area contributed by atoms with Gasteiger partial charge in [0.05, 0.1) is 18.7 Å². The third kappa shape index (κ3) is 2.54. The molecule has 1 atom stereocenters. The minimum Gasteiger partial charge on any atom is -0.464 e. The molecule has 1 aromatic heterocycles.